The Balaban J connectivity index is -0.000000295. The van der Waals surface area contributed by atoms with E-state index in [1.54, 1.807) is 13.8 Å². The second kappa shape index (κ2) is 16.0. The third-order valence-corrected chi connectivity index (χ3v) is 1.30. The van der Waals surface area contributed by atoms with Crippen molar-refractivity contribution in [3.8, 4) is 0 Å². The summed E-state index contributed by atoms with van der Waals surface area (Å²) in [5.41, 5.74) is 0. The third kappa shape index (κ3) is 23.5. The zero-order valence-electron chi connectivity index (χ0n) is 11.8. The second-order valence-electron chi connectivity index (χ2n) is 2.85. The van der Waals surface area contributed by atoms with E-state index in [4.69, 9.17) is 10.2 Å². The van der Waals surface area contributed by atoms with Gasteiger partial charge in [0.15, 0.2) is 0 Å². The Morgan fingerprint density at radius 1 is 0.762 bits per heavy atom. The quantitative estimate of drug-likeness (QED) is 0.398. The van der Waals surface area contributed by atoms with Gasteiger partial charge in [0.1, 0.15) is 0 Å². The summed E-state index contributed by atoms with van der Waals surface area (Å²) >= 11 is 0. The Morgan fingerprint density at radius 3 is 1.24 bits per heavy atom. The number of carbonyl (C=O) groups excluding carboxylic acids is 2. The van der Waals surface area contributed by atoms with Crippen molar-refractivity contribution in [2.75, 3.05) is 13.2 Å². The van der Waals surface area contributed by atoms with Crippen LogP contribution in [0.5, 0.6) is 0 Å². The standard InChI is InChI=1S/2C6H8O4.Zn/c2*1-2-10-6(9)4-3-5(7)8;/h2*3-4H,2H2,1H3,(H,7,8);/b2*4-3+;. The van der Waals surface area contributed by atoms with Crippen LogP contribution in [-0.2, 0) is 48.1 Å². The van der Waals surface area contributed by atoms with Crippen LogP contribution in [0.25, 0.3) is 0 Å². The average Bonchev–Trinajstić information content (AvgIpc) is 2.35. The van der Waals surface area contributed by atoms with E-state index in [9.17, 15) is 19.2 Å². The van der Waals surface area contributed by atoms with Crippen LogP contribution < -0.4 is 0 Å². The summed E-state index contributed by atoms with van der Waals surface area (Å²) in [4.78, 5) is 40.4. The van der Waals surface area contributed by atoms with Crippen molar-refractivity contribution >= 4 is 23.9 Å². The number of hydrogen-bond acceptors (Lipinski definition) is 6. The summed E-state index contributed by atoms with van der Waals surface area (Å²) < 4.78 is 8.81. The summed E-state index contributed by atoms with van der Waals surface area (Å²) in [6.07, 6.45) is 3.20. The zero-order chi connectivity index (χ0) is 16.0. The number of carboxylic acid groups (broad SMARTS) is 2. The van der Waals surface area contributed by atoms with Crippen LogP contribution in [-0.4, -0.2) is 47.3 Å². The van der Waals surface area contributed by atoms with E-state index >= 15 is 0 Å². The van der Waals surface area contributed by atoms with E-state index in [2.05, 4.69) is 9.47 Å². The minimum Gasteiger partial charge on any atom is -0.478 e. The van der Waals surface area contributed by atoms with Crippen LogP contribution in [0.3, 0.4) is 0 Å². The number of carbonyl (C=O) groups is 4. The maximum atomic E-state index is 10.4. The van der Waals surface area contributed by atoms with Gasteiger partial charge in [-0.25, -0.2) is 19.2 Å². The summed E-state index contributed by atoms with van der Waals surface area (Å²) in [5, 5.41) is 16.1. The fourth-order valence-corrected chi connectivity index (χ4v) is 0.659. The molecule has 0 bridgehead atoms. The molecule has 0 spiro atoms. The Morgan fingerprint density at radius 2 is 1.05 bits per heavy atom. The molecule has 0 heterocycles. The van der Waals surface area contributed by atoms with Crippen molar-refractivity contribution in [3.05, 3.63) is 24.3 Å². The molecule has 0 aromatic heterocycles. The molecular weight excluding hydrogens is 338 g/mol. The first-order valence-corrected chi connectivity index (χ1v) is 5.48. The molecular formula is C12H16O8Zn. The van der Waals surface area contributed by atoms with Gasteiger partial charge in [-0.05, 0) is 13.8 Å². The third-order valence-electron chi connectivity index (χ3n) is 1.30. The number of esters is 2. The molecule has 0 atom stereocenters. The van der Waals surface area contributed by atoms with Crippen LogP contribution in [0.4, 0.5) is 0 Å². The summed E-state index contributed by atoms with van der Waals surface area (Å²) in [6, 6.07) is 0. The first-order valence-electron chi connectivity index (χ1n) is 5.48. The van der Waals surface area contributed by atoms with Crippen molar-refractivity contribution in [1.29, 1.82) is 0 Å². The van der Waals surface area contributed by atoms with Gasteiger partial charge in [0.2, 0.25) is 0 Å². The van der Waals surface area contributed by atoms with Crippen molar-refractivity contribution in [1.82, 2.24) is 0 Å². The van der Waals surface area contributed by atoms with Gasteiger partial charge in [0.25, 0.3) is 0 Å². The maximum Gasteiger partial charge on any atom is 0.330 e. The fraction of sp³-hybridized carbons (Fsp3) is 0.333. The van der Waals surface area contributed by atoms with E-state index in [1.165, 1.54) is 0 Å². The number of ether oxygens (including phenoxy) is 2. The monoisotopic (exact) mass is 352 g/mol. The van der Waals surface area contributed by atoms with Crippen molar-refractivity contribution < 1.29 is 58.3 Å². The van der Waals surface area contributed by atoms with Crippen LogP contribution in [0.1, 0.15) is 13.8 Å². The van der Waals surface area contributed by atoms with E-state index in [0.29, 0.717) is 0 Å². The number of hydrogen-bond donors (Lipinski definition) is 2. The van der Waals surface area contributed by atoms with Gasteiger partial charge < -0.3 is 19.7 Å². The van der Waals surface area contributed by atoms with Crippen molar-refractivity contribution in [2.24, 2.45) is 0 Å². The molecule has 0 fully saturated rings. The second-order valence-corrected chi connectivity index (χ2v) is 2.85. The normalized spacial score (nSPS) is 9.24. The van der Waals surface area contributed by atoms with Gasteiger partial charge in [-0.3, -0.25) is 0 Å². The molecule has 0 saturated carbocycles. The van der Waals surface area contributed by atoms with Crippen molar-refractivity contribution in [3.63, 3.8) is 0 Å². The van der Waals surface area contributed by atoms with Gasteiger partial charge in [-0.1, -0.05) is 0 Å². The molecule has 0 radical (unpaired) electrons. The van der Waals surface area contributed by atoms with Crippen LogP contribution in [0.15, 0.2) is 24.3 Å². The number of rotatable bonds is 6. The Bertz CT molecular complexity index is 362. The predicted molar refractivity (Wildman–Crippen MR) is 66.8 cm³/mol. The number of aliphatic carboxylic acids is 2. The smallest absolute Gasteiger partial charge is 0.330 e. The Labute approximate surface area is 134 Å². The van der Waals surface area contributed by atoms with E-state index < -0.39 is 23.9 Å². The Kier molecular flexibility index (Phi) is 18.4. The van der Waals surface area contributed by atoms with E-state index in [1.807, 2.05) is 0 Å². The molecule has 0 unspecified atom stereocenters. The molecule has 0 aliphatic heterocycles. The van der Waals surface area contributed by atoms with Crippen molar-refractivity contribution in [2.45, 2.75) is 13.8 Å². The van der Waals surface area contributed by atoms with Crippen LogP contribution >= 0.6 is 0 Å². The molecule has 2 N–H and O–H groups in total. The molecule has 0 amide bonds. The van der Waals surface area contributed by atoms with E-state index in [-0.39, 0.29) is 32.7 Å². The first-order chi connectivity index (χ1) is 9.33. The maximum absolute atomic E-state index is 10.4. The molecule has 8 nitrogen and oxygen atoms in total. The molecule has 0 aromatic carbocycles. The van der Waals surface area contributed by atoms with Gasteiger partial charge in [0, 0.05) is 43.8 Å². The molecule has 21 heavy (non-hydrogen) atoms. The summed E-state index contributed by atoms with van der Waals surface area (Å²) in [6.45, 7) is 3.80. The van der Waals surface area contributed by atoms with Crippen LogP contribution in [0, 0.1) is 0 Å². The Hall–Kier alpha value is -2.02. The topological polar surface area (TPSA) is 127 Å². The SMILES string of the molecule is CCOC(=O)/C=C/C(=O)O.CCOC(=O)/C=C/C(=O)O.[Zn]. The van der Waals surface area contributed by atoms with Gasteiger partial charge in [0.05, 0.1) is 13.2 Å². The van der Waals surface area contributed by atoms with Crippen LogP contribution in [0.2, 0.25) is 0 Å². The molecule has 9 heteroatoms. The minimum absolute atomic E-state index is 0. The molecule has 114 valence electrons. The molecule has 0 aliphatic rings. The average molecular weight is 354 g/mol. The molecule has 0 aromatic rings. The largest absolute Gasteiger partial charge is 0.478 e. The summed E-state index contributed by atoms with van der Waals surface area (Å²) in [7, 11) is 0. The predicted octanol–water partition coefficient (Wildman–Crippen LogP) is 0.378. The first kappa shape index (κ1) is 24.0. The van der Waals surface area contributed by atoms with Gasteiger partial charge >= 0.3 is 23.9 Å². The zero-order valence-corrected chi connectivity index (χ0v) is 14.7. The fourth-order valence-electron chi connectivity index (χ4n) is 0.659. The van der Waals surface area contributed by atoms with Gasteiger partial charge in [-0.15, -0.1) is 0 Å². The molecule has 0 aliphatic carbocycles. The number of carboxylic acids is 2. The van der Waals surface area contributed by atoms with Gasteiger partial charge in [-0.2, -0.15) is 0 Å². The molecule has 0 saturated heterocycles. The minimum atomic E-state index is -1.16. The molecule has 0 rings (SSSR count). The summed E-state index contributed by atoms with van der Waals surface area (Å²) in [5.74, 6) is -3.59. The van der Waals surface area contributed by atoms with E-state index in [0.717, 1.165) is 24.3 Å².